The van der Waals surface area contributed by atoms with Crippen molar-refractivity contribution in [1.82, 2.24) is 0 Å². The Morgan fingerprint density at radius 3 is 1.80 bits per heavy atom. The zero-order valence-electron chi connectivity index (χ0n) is 17.5. The van der Waals surface area contributed by atoms with Gasteiger partial charge in [-0.25, -0.2) is 9.59 Å². The van der Waals surface area contributed by atoms with Crippen LogP contribution in [0.2, 0.25) is 0 Å². The maximum Gasteiger partial charge on any atom is 0.331 e. The van der Waals surface area contributed by atoms with Crippen molar-refractivity contribution < 1.29 is 19.4 Å². The molecule has 0 saturated heterocycles. The highest BCUT2D eigenvalue weighted by Gasteiger charge is 1.96. The molecule has 158 valence electrons. The van der Waals surface area contributed by atoms with Gasteiger partial charge in [0.25, 0.3) is 0 Å². The fraction of sp³-hybridized carbons (Fsp3) is 0.154. The smallest absolute Gasteiger partial charge is 0.331 e. The number of esters is 1. The van der Waals surface area contributed by atoms with Gasteiger partial charge in [-0.15, -0.1) is 0 Å². The first kappa shape index (κ1) is 26.3. The maximum atomic E-state index is 10.6. The highest BCUT2D eigenvalue weighted by molar-refractivity contribution is 5.90. The van der Waals surface area contributed by atoms with Crippen LogP contribution >= 0.6 is 0 Å². The normalized spacial score (nSPS) is 9.23. The largest absolute Gasteiger partial charge is 0.478 e. The van der Waals surface area contributed by atoms with Crippen LogP contribution in [0.5, 0.6) is 0 Å². The summed E-state index contributed by atoms with van der Waals surface area (Å²) in [7, 11) is 0. The third kappa shape index (κ3) is 13.5. The van der Waals surface area contributed by atoms with Gasteiger partial charge >= 0.3 is 11.9 Å². The molecule has 0 amide bonds. The van der Waals surface area contributed by atoms with Crippen molar-refractivity contribution in [2.24, 2.45) is 0 Å². The highest BCUT2D eigenvalue weighted by Crippen LogP contribution is 2.10. The van der Waals surface area contributed by atoms with Crippen LogP contribution in [0.25, 0.3) is 18.2 Å². The summed E-state index contributed by atoms with van der Waals surface area (Å²) in [4.78, 5) is 20.6. The Labute approximate surface area is 179 Å². The molecule has 0 saturated carbocycles. The maximum absolute atomic E-state index is 10.6. The number of rotatable bonds is 8. The number of benzene rings is 2. The third-order valence-electron chi connectivity index (χ3n) is 3.58. The molecular weight excluding hydrogens is 376 g/mol. The molecule has 2 aromatic rings. The van der Waals surface area contributed by atoms with Crippen LogP contribution in [-0.2, 0) is 14.3 Å². The number of carbonyl (C=O) groups is 2. The van der Waals surface area contributed by atoms with Crippen LogP contribution in [0.4, 0.5) is 0 Å². The van der Waals surface area contributed by atoms with Gasteiger partial charge in [0.15, 0.2) is 0 Å². The molecule has 0 aliphatic rings. The number of aliphatic carboxylic acids is 1. The summed E-state index contributed by atoms with van der Waals surface area (Å²) in [5.41, 5.74) is 3.45. The molecule has 0 aromatic heterocycles. The molecule has 0 spiro atoms. The quantitative estimate of drug-likeness (QED) is 0.319. The Balaban J connectivity index is 0.000000428. The average Bonchev–Trinajstić information content (AvgIpc) is 2.79. The molecule has 0 aliphatic carbocycles. The van der Waals surface area contributed by atoms with Crippen molar-refractivity contribution in [1.29, 1.82) is 0 Å². The van der Waals surface area contributed by atoms with E-state index in [1.54, 1.807) is 0 Å². The van der Waals surface area contributed by atoms with Crippen molar-refractivity contribution >= 4 is 30.2 Å². The molecule has 0 atom stereocenters. The van der Waals surface area contributed by atoms with Gasteiger partial charge in [0.2, 0.25) is 0 Å². The second-order valence-electron chi connectivity index (χ2n) is 5.84. The third-order valence-corrected chi connectivity index (χ3v) is 3.58. The molecule has 2 aromatic carbocycles. The first-order valence-electron chi connectivity index (χ1n) is 9.57. The van der Waals surface area contributed by atoms with Gasteiger partial charge in [-0.3, -0.25) is 0 Å². The number of hydrogen-bond donors (Lipinski definition) is 1. The molecule has 30 heavy (non-hydrogen) atoms. The van der Waals surface area contributed by atoms with E-state index in [4.69, 9.17) is 5.11 Å². The minimum absolute atomic E-state index is 0.347. The van der Waals surface area contributed by atoms with Gasteiger partial charge in [-0.05, 0) is 23.1 Å². The Kier molecular flexibility index (Phi) is 15.3. The number of carboxylic acid groups (broad SMARTS) is 1. The highest BCUT2D eigenvalue weighted by atomic mass is 16.5. The molecule has 0 unspecified atom stereocenters. The fourth-order valence-electron chi connectivity index (χ4n) is 1.98. The molecule has 0 radical (unpaired) electrons. The van der Waals surface area contributed by atoms with Gasteiger partial charge in [0, 0.05) is 12.2 Å². The Morgan fingerprint density at radius 2 is 1.40 bits per heavy atom. The van der Waals surface area contributed by atoms with Crippen molar-refractivity contribution in [2.45, 2.75) is 19.8 Å². The monoisotopic (exact) mass is 406 g/mol. The van der Waals surface area contributed by atoms with Crippen LogP contribution in [0.15, 0.2) is 86.5 Å². The van der Waals surface area contributed by atoms with E-state index in [0.717, 1.165) is 36.1 Å². The van der Waals surface area contributed by atoms with Gasteiger partial charge in [0.05, 0.1) is 6.61 Å². The Bertz CT molecular complexity index is 793. The Morgan fingerprint density at radius 1 is 0.867 bits per heavy atom. The molecule has 0 aliphatic heterocycles. The molecule has 4 heteroatoms. The lowest BCUT2D eigenvalue weighted by atomic mass is 10.1. The number of ether oxygens (including phenoxy) is 1. The zero-order chi connectivity index (χ0) is 22.6. The van der Waals surface area contributed by atoms with Gasteiger partial charge < -0.3 is 9.84 Å². The summed E-state index contributed by atoms with van der Waals surface area (Å²) in [5, 5.41) is 8.14. The predicted molar refractivity (Wildman–Crippen MR) is 126 cm³/mol. The number of hydrogen-bond acceptors (Lipinski definition) is 3. The summed E-state index contributed by atoms with van der Waals surface area (Å²) < 4.78 is 4.64. The van der Waals surface area contributed by atoms with Crippen molar-refractivity contribution in [3.8, 4) is 0 Å². The van der Waals surface area contributed by atoms with E-state index in [1.807, 2.05) is 79.7 Å². The van der Waals surface area contributed by atoms with E-state index in [9.17, 15) is 9.59 Å². The van der Waals surface area contributed by atoms with E-state index in [1.165, 1.54) is 5.56 Å². The zero-order valence-corrected chi connectivity index (χ0v) is 17.5. The molecule has 2 rings (SSSR count). The van der Waals surface area contributed by atoms with E-state index in [2.05, 4.69) is 24.5 Å². The Hall–Kier alpha value is -3.66. The summed E-state index contributed by atoms with van der Waals surface area (Å²) in [5.74, 6) is -1.76. The molecule has 4 nitrogen and oxygen atoms in total. The second-order valence-corrected chi connectivity index (χ2v) is 5.84. The lowest BCUT2D eigenvalue weighted by Crippen LogP contribution is -2.02. The van der Waals surface area contributed by atoms with Crippen LogP contribution < -0.4 is 0 Å². The lowest BCUT2D eigenvalue weighted by molar-refractivity contribution is -0.138. The van der Waals surface area contributed by atoms with Crippen molar-refractivity contribution in [2.75, 3.05) is 6.61 Å². The van der Waals surface area contributed by atoms with Crippen molar-refractivity contribution in [3.05, 3.63) is 103 Å². The molecule has 0 fully saturated rings. The molecule has 0 heterocycles. The fourth-order valence-corrected chi connectivity index (χ4v) is 1.98. The first-order chi connectivity index (χ1) is 14.5. The van der Waals surface area contributed by atoms with E-state index in [0.29, 0.717) is 6.61 Å². The van der Waals surface area contributed by atoms with E-state index < -0.39 is 11.9 Å². The van der Waals surface area contributed by atoms with Crippen LogP contribution in [0.1, 0.15) is 36.5 Å². The summed E-state index contributed by atoms with van der Waals surface area (Å²) in [6.07, 6.45) is 8.89. The summed E-state index contributed by atoms with van der Waals surface area (Å²) in [6, 6.07) is 18.0. The summed E-state index contributed by atoms with van der Waals surface area (Å²) >= 11 is 0. The minimum atomic E-state index is -1.15. The number of carboxylic acids is 1. The van der Waals surface area contributed by atoms with E-state index >= 15 is 0 Å². The first-order valence-corrected chi connectivity index (χ1v) is 9.57. The van der Waals surface area contributed by atoms with E-state index in [-0.39, 0.29) is 0 Å². The lowest BCUT2D eigenvalue weighted by Gasteiger charge is -1.97. The van der Waals surface area contributed by atoms with Crippen LogP contribution in [0.3, 0.4) is 0 Å². The van der Waals surface area contributed by atoms with Crippen molar-refractivity contribution in [3.63, 3.8) is 0 Å². The molecular formula is C26H30O4. The van der Waals surface area contributed by atoms with Gasteiger partial charge in [-0.2, -0.15) is 0 Å². The average molecular weight is 407 g/mol. The molecule has 1 N–H and O–H groups in total. The second kappa shape index (κ2) is 17.4. The number of unbranched alkanes of at least 4 members (excludes halogenated alkanes) is 1. The van der Waals surface area contributed by atoms with Gasteiger partial charge in [0.1, 0.15) is 0 Å². The predicted octanol–water partition coefficient (Wildman–Crippen LogP) is 6.27. The van der Waals surface area contributed by atoms with Crippen LogP contribution in [0, 0.1) is 0 Å². The topological polar surface area (TPSA) is 63.6 Å². The summed E-state index contributed by atoms with van der Waals surface area (Å²) in [6.45, 7) is 13.3. The van der Waals surface area contributed by atoms with Crippen LogP contribution in [-0.4, -0.2) is 23.7 Å². The minimum Gasteiger partial charge on any atom is -0.478 e. The number of carbonyl (C=O) groups excluding carboxylic acids is 1. The molecule has 0 bridgehead atoms. The SMILES string of the molecule is C=Cc1ccccc1.C=Cc1ccccc1C=C.CCCCOC(=O)C=CC(=O)O. The van der Waals surface area contributed by atoms with Gasteiger partial charge in [-0.1, -0.05) is 106 Å². The standard InChI is InChI=1S/C10H10.C8H12O4.C8H8/c1-3-9-7-5-6-8-10(9)4-2;1-2-3-6-12-8(11)5-4-7(9)10;1-2-8-6-4-3-5-7-8/h3-8H,1-2H2;4-5H,2-3,6H2,1H3,(H,9,10);2-7H,1H2.